The molecule has 0 unspecified atom stereocenters. The van der Waals surface area contributed by atoms with Crippen LogP contribution in [0.25, 0.3) is 0 Å². The van der Waals surface area contributed by atoms with Gasteiger partial charge in [0.1, 0.15) is 0 Å². The largest absolute Gasteiger partial charge is 0.355 e. The fraction of sp³-hybridized carbons (Fsp3) is 0.550. The maximum Gasteiger partial charge on any atom is 0.243 e. The van der Waals surface area contributed by atoms with E-state index in [9.17, 15) is 22.8 Å². The van der Waals surface area contributed by atoms with E-state index < -0.39 is 10.0 Å². The highest BCUT2D eigenvalue weighted by atomic mass is 32.2. The van der Waals surface area contributed by atoms with Gasteiger partial charge in [0.05, 0.1) is 4.90 Å². The number of sulfonamides is 1. The van der Waals surface area contributed by atoms with E-state index in [2.05, 4.69) is 16.0 Å². The summed E-state index contributed by atoms with van der Waals surface area (Å²) in [6.45, 7) is 5.89. The van der Waals surface area contributed by atoms with Crippen molar-refractivity contribution in [3.8, 4) is 0 Å². The molecule has 0 aromatic heterocycles. The second-order valence-corrected chi connectivity index (χ2v) is 9.59. The van der Waals surface area contributed by atoms with E-state index in [1.807, 2.05) is 13.8 Å². The van der Waals surface area contributed by atoms with Crippen LogP contribution in [0, 0.1) is 5.92 Å². The van der Waals surface area contributed by atoms with E-state index in [-0.39, 0.29) is 60.6 Å². The third-order valence-electron chi connectivity index (χ3n) is 4.74. The number of nitrogens with one attached hydrogen (secondary N) is 3. The minimum Gasteiger partial charge on any atom is -0.355 e. The Labute approximate surface area is 177 Å². The van der Waals surface area contributed by atoms with Crippen LogP contribution in [-0.4, -0.2) is 56.1 Å². The first-order chi connectivity index (χ1) is 14.1. The van der Waals surface area contributed by atoms with Crippen molar-refractivity contribution in [2.45, 2.75) is 51.0 Å². The minimum atomic E-state index is -3.66. The lowest BCUT2D eigenvalue weighted by molar-refractivity contribution is -0.126. The summed E-state index contributed by atoms with van der Waals surface area (Å²) in [7, 11) is -3.66. The number of hydrogen-bond donors (Lipinski definition) is 3. The summed E-state index contributed by atoms with van der Waals surface area (Å²) >= 11 is 0. The lowest BCUT2D eigenvalue weighted by atomic mass is 9.97. The highest BCUT2D eigenvalue weighted by Gasteiger charge is 2.32. The van der Waals surface area contributed by atoms with Crippen molar-refractivity contribution in [3.05, 3.63) is 24.3 Å². The molecule has 1 saturated heterocycles. The van der Waals surface area contributed by atoms with Gasteiger partial charge >= 0.3 is 0 Å². The molecule has 2 rings (SSSR count). The van der Waals surface area contributed by atoms with Gasteiger partial charge in [0.2, 0.25) is 27.7 Å². The number of anilines is 1. The molecule has 166 valence electrons. The van der Waals surface area contributed by atoms with E-state index >= 15 is 0 Å². The summed E-state index contributed by atoms with van der Waals surface area (Å²) in [5.41, 5.74) is 0.527. The predicted molar refractivity (Wildman–Crippen MR) is 113 cm³/mol. The van der Waals surface area contributed by atoms with E-state index in [1.54, 1.807) is 12.1 Å². The molecule has 30 heavy (non-hydrogen) atoms. The Hall–Kier alpha value is -2.46. The Morgan fingerprint density at radius 2 is 1.70 bits per heavy atom. The average Bonchev–Trinajstić information content (AvgIpc) is 2.67. The number of carbonyl (C=O) groups is 3. The van der Waals surface area contributed by atoms with Crippen molar-refractivity contribution in [3.63, 3.8) is 0 Å². The fourth-order valence-electron chi connectivity index (χ4n) is 3.26. The molecule has 1 aromatic carbocycles. The molecule has 1 aromatic rings. The van der Waals surface area contributed by atoms with Crippen molar-refractivity contribution in [2.75, 3.05) is 25.0 Å². The van der Waals surface area contributed by atoms with Gasteiger partial charge in [0.15, 0.2) is 0 Å². The average molecular weight is 439 g/mol. The number of nitrogens with zero attached hydrogens (tertiary/aromatic N) is 1. The molecule has 1 aliphatic heterocycles. The van der Waals surface area contributed by atoms with E-state index in [4.69, 9.17) is 0 Å². The van der Waals surface area contributed by atoms with Crippen molar-refractivity contribution >= 4 is 33.4 Å². The number of benzene rings is 1. The number of hydrogen-bond acceptors (Lipinski definition) is 5. The standard InChI is InChI=1S/C20H30N4O5S/c1-14(2)22-19(26)8-11-21-20(27)16-9-12-24(13-10-16)30(28,29)18-6-4-17(5-7-18)23-15(3)25/h4-7,14,16H,8-13H2,1-3H3,(H,21,27)(H,22,26)(H,23,25). The molecular weight excluding hydrogens is 408 g/mol. The lowest BCUT2D eigenvalue weighted by Gasteiger charge is -2.30. The maximum atomic E-state index is 12.8. The molecule has 0 bridgehead atoms. The first-order valence-corrected chi connectivity index (χ1v) is 11.5. The summed E-state index contributed by atoms with van der Waals surface area (Å²) in [6, 6.07) is 6.07. The van der Waals surface area contributed by atoms with Crippen LogP contribution in [0.5, 0.6) is 0 Å². The fourth-order valence-corrected chi connectivity index (χ4v) is 4.73. The van der Waals surface area contributed by atoms with Gasteiger partial charge in [-0.3, -0.25) is 14.4 Å². The molecule has 0 saturated carbocycles. The number of amides is 3. The zero-order valence-corrected chi connectivity index (χ0v) is 18.4. The van der Waals surface area contributed by atoms with Gasteiger partial charge in [0.25, 0.3) is 0 Å². The Balaban J connectivity index is 1.84. The predicted octanol–water partition coefficient (Wildman–Crippen LogP) is 1.08. The van der Waals surface area contributed by atoms with Crippen LogP contribution in [0.3, 0.4) is 0 Å². The van der Waals surface area contributed by atoms with E-state index in [0.29, 0.717) is 18.5 Å². The normalized spacial score (nSPS) is 15.6. The molecule has 0 spiro atoms. The van der Waals surface area contributed by atoms with Crippen LogP contribution >= 0.6 is 0 Å². The van der Waals surface area contributed by atoms with Crippen molar-refractivity contribution in [1.29, 1.82) is 0 Å². The SMILES string of the molecule is CC(=O)Nc1ccc(S(=O)(=O)N2CCC(C(=O)NCCC(=O)NC(C)C)CC2)cc1. The van der Waals surface area contributed by atoms with Gasteiger partial charge in [-0.05, 0) is 51.0 Å². The summed E-state index contributed by atoms with van der Waals surface area (Å²) in [6.07, 6.45) is 1.06. The van der Waals surface area contributed by atoms with Gasteiger partial charge in [-0.15, -0.1) is 0 Å². The molecule has 1 fully saturated rings. The van der Waals surface area contributed by atoms with Crippen LogP contribution in [0.1, 0.15) is 40.0 Å². The van der Waals surface area contributed by atoms with E-state index in [1.165, 1.54) is 23.4 Å². The second-order valence-electron chi connectivity index (χ2n) is 7.65. The first-order valence-electron chi connectivity index (χ1n) is 10.0. The van der Waals surface area contributed by atoms with Crippen molar-refractivity contribution in [1.82, 2.24) is 14.9 Å². The van der Waals surface area contributed by atoms with Gasteiger partial charge in [0, 0.05) is 50.6 Å². The molecule has 0 atom stereocenters. The molecule has 9 nitrogen and oxygen atoms in total. The van der Waals surface area contributed by atoms with Crippen LogP contribution in [0.15, 0.2) is 29.2 Å². The first kappa shape index (κ1) is 23.8. The van der Waals surface area contributed by atoms with Crippen molar-refractivity contribution in [2.24, 2.45) is 5.92 Å². The molecule has 3 amide bonds. The third-order valence-corrected chi connectivity index (χ3v) is 6.65. The van der Waals surface area contributed by atoms with Crippen LogP contribution in [-0.2, 0) is 24.4 Å². The smallest absolute Gasteiger partial charge is 0.243 e. The summed E-state index contributed by atoms with van der Waals surface area (Å²) in [5, 5.41) is 8.12. The van der Waals surface area contributed by atoms with E-state index in [0.717, 1.165) is 0 Å². The monoisotopic (exact) mass is 438 g/mol. The summed E-state index contributed by atoms with van der Waals surface area (Å²) in [4.78, 5) is 35.2. The summed E-state index contributed by atoms with van der Waals surface area (Å²) in [5.74, 6) is -0.766. The highest BCUT2D eigenvalue weighted by molar-refractivity contribution is 7.89. The highest BCUT2D eigenvalue weighted by Crippen LogP contribution is 2.25. The third kappa shape index (κ3) is 6.81. The number of piperidine rings is 1. The molecule has 0 radical (unpaired) electrons. The van der Waals surface area contributed by atoms with Crippen molar-refractivity contribution < 1.29 is 22.8 Å². The van der Waals surface area contributed by atoms with Gasteiger partial charge in [-0.25, -0.2) is 8.42 Å². The topological polar surface area (TPSA) is 125 Å². The maximum absolute atomic E-state index is 12.8. The van der Waals surface area contributed by atoms with Crippen LogP contribution < -0.4 is 16.0 Å². The minimum absolute atomic E-state index is 0.0566. The molecule has 3 N–H and O–H groups in total. The number of carbonyl (C=O) groups excluding carboxylic acids is 3. The Bertz CT molecular complexity index is 860. The quantitative estimate of drug-likeness (QED) is 0.560. The number of rotatable bonds is 8. The molecule has 1 heterocycles. The zero-order valence-electron chi connectivity index (χ0n) is 17.6. The summed E-state index contributed by atoms with van der Waals surface area (Å²) < 4.78 is 27.0. The molecule has 10 heteroatoms. The molecule has 1 aliphatic rings. The van der Waals surface area contributed by atoms with Gasteiger partial charge in [-0.2, -0.15) is 4.31 Å². The molecule has 0 aliphatic carbocycles. The Morgan fingerprint density at radius 1 is 1.10 bits per heavy atom. The van der Waals surface area contributed by atoms with Gasteiger partial charge in [-0.1, -0.05) is 0 Å². The Morgan fingerprint density at radius 3 is 2.23 bits per heavy atom. The second kappa shape index (κ2) is 10.5. The lowest BCUT2D eigenvalue weighted by Crippen LogP contribution is -2.43. The zero-order chi connectivity index (χ0) is 22.3. The van der Waals surface area contributed by atoms with Gasteiger partial charge < -0.3 is 16.0 Å². The van der Waals surface area contributed by atoms with Crippen LogP contribution in [0.2, 0.25) is 0 Å². The molecular formula is C20H30N4O5S. The van der Waals surface area contributed by atoms with Crippen LogP contribution in [0.4, 0.5) is 5.69 Å². The Kier molecular flexibility index (Phi) is 8.36.